The van der Waals surface area contributed by atoms with Gasteiger partial charge in [0.15, 0.2) is 0 Å². The first kappa shape index (κ1) is 15.0. The topological polar surface area (TPSA) is 61.7 Å². The molecule has 0 saturated heterocycles. The standard InChI is InChI=1S/C16H16N2O2S/c1-2-5-12-6-3-7-13(16(12)20)11-17-18-15(19)10-14-8-4-9-21-14/h2-4,6-9,11,20H,1,5,10H2,(H,18,19). The van der Waals surface area contributed by atoms with E-state index in [2.05, 4.69) is 17.1 Å². The van der Waals surface area contributed by atoms with E-state index in [-0.39, 0.29) is 11.7 Å². The molecule has 0 aliphatic heterocycles. The van der Waals surface area contributed by atoms with Gasteiger partial charge < -0.3 is 5.11 Å². The molecule has 1 aromatic heterocycles. The quantitative estimate of drug-likeness (QED) is 0.489. The zero-order chi connectivity index (χ0) is 15.1. The molecule has 2 aromatic rings. The number of phenols is 1. The number of amides is 1. The molecule has 0 bridgehead atoms. The Morgan fingerprint density at radius 3 is 2.95 bits per heavy atom. The highest BCUT2D eigenvalue weighted by molar-refractivity contribution is 7.10. The Kier molecular flexibility index (Phi) is 5.29. The van der Waals surface area contributed by atoms with Crippen molar-refractivity contribution in [3.8, 4) is 5.75 Å². The minimum atomic E-state index is -0.185. The fourth-order valence-electron chi connectivity index (χ4n) is 1.82. The fourth-order valence-corrected chi connectivity index (χ4v) is 2.52. The van der Waals surface area contributed by atoms with Crippen LogP contribution in [0, 0.1) is 0 Å². The van der Waals surface area contributed by atoms with Gasteiger partial charge >= 0.3 is 0 Å². The Hall–Kier alpha value is -2.40. The normalized spacial score (nSPS) is 10.7. The van der Waals surface area contributed by atoms with E-state index in [0.717, 1.165) is 10.4 Å². The van der Waals surface area contributed by atoms with Crippen LogP contribution in [0.1, 0.15) is 16.0 Å². The highest BCUT2D eigenvalue weighted by atomic mass is 32.1. The van der Waals surface area contributed by atoms with E-state index in [9.17, 15) is 9.90 Å². The SMILES string of the molecule is C=CCc1cccc(C=NNC(=O)Cc2cccs2)c1O. The van der Waals surface area contributed by atoms with Crippen molar-refractivity contribution in [2.75, 3.05) is 0 Å². The summed E-state index contributed by atoms with van der Waals surface area (Å²) in [5.74, 6) is -0.0240. The number of nitrogens with zero attached hydrogens (tertiary/aromatic N) is 1. The first-order chi connectivity index (χ1) is 10.2. The van der Waals surface area contributed by atoms with Crippen LogP contribution >= 0.6 is 11.3 Å². The third-order valence-corrected chi connectivity index (χ3v) is 3.70. The summed E-state index contributed by atoms with van der Waals surface area (Å²) in [6, 6.07) is 9.19. The second kappa shape index (κ2) is 7.40. The predicted octanol–water partition coefficient (Wildman–Crippen LogP) is 2.88. The number of nitrogens with one attached hydrogen (secondary N) is 1. The van der Waals surface area contributed by atoms with Crippen molar-refractivity contribution >= 4 is 23.5 Å². The van der Waals surface area contributed by atoms with Crippen molar-refractivity contribution in [3.63, 3.8) is 0 Å². The Balaban J connectivity index is 1.96. The average Bonchev–Trinajstić information content (AvgIpc) is 2.96. The van der Waals surface area contributed by atoms with Crippen LogP contribution < -0.4 is 5.43 Å². The maximum atomic E-state index is 11.7. The summed E-state index contributed by atoms with van der Waals surface area (Å²) < 4.78 is 0. The summed E-state index contributed by atoms with van der Waals surface area (Å²) >= 11 is 1.53. The lowest BCUT2D eigenvalue weighted by Gasteiger charge is -2.04. The number of allylic oxidation sites excluding steroid dienone is 1. The van der Waals surface area contributed by atoms with Gasteiger partial charge in [-0.15, -0.1) is 17.9 Å². The largest absolute Gasteiger partial charge is 0.507 e. The molecule has 1 heterocycles. The third kappa shape index (κ3) is 4.29. The summed E-state index contributed by atoms with van der Waals surface area (Å²) in [5, 5.41) is 15.8. The van der Waals surface area contributed by atoms with Crippen molar-refractivity contribution in [3.05, 3.63) is 64.4 Å². The van der Waals surface area contributed by atoms with Crippen molar-refractivity contribution in [1.29, 1.82) is 0 Å². The van der Waals surface area contributed by atoms with E-state index in [1.54, 1.807) is 12.1 Å². The molecule has 0 fully saturated rings. The maximum absolute atomic E-state index is 11.7. The molecule has 2 rings (SSSR count). The molecule has 0 aliphatic carbocycles. The van der Waals surface area contributed by atoms with Gasteiger partial charge in [0, 0.05) is 10.4 Å². The van der Waals surface area contributed by atoms with Crippen molar-refractivity contribution in [2.45, 2.75) is 12.8 Å². The Labute approximate surface area is 127 Å². The number of rotatable bonds is 6. The van der Waals surface area contributed by atoms with Crippen LogP contribution in [-0.4, -0.2) is 17.2 Å². The Morgan fingerprint density at radius 1 is 1.38 bits per heavy atom. The van der Waals surface area contributed by atoms with Gasteiger partial charge in [0.2, 0.25) is 5.91 Å². The fraction of sp³-hybridized carbons (Fsp3) is 0.125. The molecule has 1 amide bonds. The number of carbonyl (C=O) groups is 1. The summed E-state index contributed by atoms with van der Waals surface area (Å²) in [6.07, 6.45) is 4.04. The van der Waals surface area contributed by atoms with E-state index in [1.165, 1.54) is 17.6 Å². The molecule has 0 unspecified atom stereocenters. The van der Waals surface area contributed by atoms with Gasteiger partial charge in [0.25, 0.3) is 0 Å². The van der Waals surface area contributed by atoms with Crippen LogP contribution in [0.5, 0.6) is 5.75 Å². The maximum Gasteiger partial charge on any atom is 0.245 e. The minimum Gasteiger partial charge on any atom is -0.507 e. The van der Waals surface area contributed by atoms with E-state index < -0.39 is 0 Å². The van der Waals surface area contributed by atoms with E-state index in [1.807, 2.05) is 29.6 Å². The van der Waals surface area contributed by atoms with Gasteiger partial charge in [-0.2, -0.15) is 5.10 Å². The molecule has 21 heavy (non-hydrogen) atoms. The summed E-state index contributed by atoms with van der Waals surface area (Å²) in [4.78, 5) is 12.6. The highest BCUT2D eigenvalue weighted by Crippen LogP contribution is 2.21. The summed E-state index contributed by atoms with van der Waals surface area (Å²) in [6.45, 7) is 3.65. The number of hydrogen-bond acceptors (Lipinski definition) is 4. The number of aromatic hydroxyl groups is 1. The molecule has 0 saturated carbocycles. The highest BCUT2D eigenvalue weighted by Gasteiger charge is 2.05. The summed E-state index contributed by atoms with van der Waals surface area (Å²) in [7, 11) is 0. The van der Waals surface area contributed by atoms with E-state index in [0.29, 0.717) is 18.4 Å². The number of thiophene rings is 1. The number of para-hydroxylation sites is 1. The second-order valence-electron chi connectivity index (χ2n) is 4.40. The van der Waals surface area contributed by atoms with Crippen LogP contribution in [0.2, 0.25) is 0 Å². The van der Waals surface area contributed by atoms with Crippen molar-refractivity contribution in [1.82, 2.24) is 5.43 Å². The first-order valence-corrected chi connectivity index (χ1v) is 7.34. The average molecular weight is 300 g/mol. The minimum absolute atomic E-state index is 0.161. The van der Waals surface area contributed by atoms with Gasteiger partial charge in [0.1, 0.15) is 5.75 Å². The molecule has 5 heteroatoms. The van der Waals surface area contributed by atoms with Gasteiger partial charge in [-0.05, 0) is 29.5 Å². The second-order valence-corrected chi connectivity index (χ2v) is 5.43. The Bertz CT molecular complexity index is 648. The molecule has 4 nitrogen and oxygen atoms in total. The molecular weight excluding hydrogens is 284 g/mol. The van der Waals surface area contributed by atoms with Gasteiger partial charge in [-0.3, -0.25) is 4.79 Å². The molecule has 0 atom stereocenters. The number of hydrogen-bond donors (Lipinski definition) is 2. The summed E-state index contributed by atoms with van der Waals surface area (Å²) in [5.41, 5.74) is 3.79. The van der Waals surface area contributed by atoms with Crippen molar-refractivity contribution in [2.24, 2.45) is 5.10 Å². The monoisotopic (exact) mass is 300 g/mol. The van der Waals surface area contributed by atoms with Crippen LogP contribution in [0.3, 0.4) is 0 Å². The zero-order valence-corrected chi connectivity index (χ0v) is 12.3. The Morgan fingerprint density at radius 2 is 2.24 bits per heavy atom. The molecule has 0 spiro atoms. The lowest BCUT2D eigenvalue weighted by Crippen LogP contribution is -2.19. The molecule has 108 valence electrons. The van der Waals surface area contributed by atoms with E-state index in [4.69, 9.17) is 0 Å². The number of carbonyl (C=O) groups excluding carboxylic acids is 1. The predicted molar refractivity (Wildman–Crippen MR) is 85.8 cm³/mol. The zero-order valence-electron chi connectivity index (χ0n) is 11.5. The molecule has 2 N–H and O–H groups in total. The lowest BCUT2D eigenvalue weighted by atomic mass is 10.1. The lowest BCUT2D eigenvalue weighted by molar-refractivity contribution is -0.120. The van der Waals surface area contributed by atoms with Crippen LogP contribution in [0.15, 0.2) is 53.5 Å². The van der Waals surface area contributed by atoms with Crippen molar-refractivity contribution < 1.29 is 9.90 Å². The van der Waals surface area contributed by atoms with Gasteiger partial charge in [-0.25, -0.2) is 5.43 Å². The molecule has 1 aromatic carbocycles. The molecular formula is C16H16N2O2S. The molecule has 0 aliphatic rings. The number of hydrazone groups is 1. The molecule has 0 radical (unpaired) electrons. The third-order valence-electron chi connectivity index (χ3n) is 2.82. The first-order valence-electron chi connectivity index (χ1n) is 6.46. The van der Waals surface area contributed by atoms with Gasteiger partial charge in [0.05, 0.1) is 12.6 Å². The van der Waals surface area contributed by atoms with Gasteiger partial charge in [-0.1, -0.05) is 24.3 Å². The van der Waals surface area contributed by atoms with Crippen LogP contribution in [-0.2, 0) is 17.6 Å². The van der Waals surface area contributed by atoms with Crippen LogP contribution in [0.4, 0.5) is 0 Å². The van der Waals surface area contributed by atoms with Crippen LogP contribution in [0.25, 0.3) is 0 Å². The number of phenolic OH excluding ortho intramolecular Hbond substituents is 1. The smallest absolute Gasteiger partial charge is 0.245 e. The number of benzene rings is 1. The van der Waals surface area contributed by atoms with E-state index >= 15 is 0 Å².